The van der Waals surface area contributed by atoms with Gasteiger partial charge in [0, 0.05) is 22.9 Å². The molecule has 3 N–H and O–H groups in total. The fourth-order valence-electron chi connectivity index (χ4n) is 2.42. The van der Waals surface area contributed by atoms with E-state index in [1.807, 2.05) is 24.3 Å². The predicted octanol–water partition coefficient (Wildman–Crippen LogP) is 3.91. The molecule has 2 aromatic carbocycles. The molecule has 3 aromatic rings. The summed E-state index contributed by atoms with van der Waals surface area (Å²) in [5, 5.41) is 9.41. The Balaban J connectivity index is 2.08. The van der Waals surface area contributed by atoms with Crippen molar-refractivity contribution >= 4 is 11.6 Å². The Morgan fingerprint density at radius 2 is 1.74 bits per heavy atom. The van der Waals surface area contributed by atoms with Crippen LogP contribution in [0.25, 0.3) is 22.3 Å². The molecule has 0 unspecified atom stereocenters. The molecule has 4 heteroatoms. The lowest BCUT2D eigenvalue weighted by atomic mass is 9.99. The molecule has 0 radical (unpaired) electrons. The zero-order chi connectivity index (χ0) is 16.4. The highest BCUT2D eigenvalue weighted by Crippen LogP contribution is 2.30. The lowest BCUT2D eigenvalue weighted by Crippen LogP contribution is -1.96. The van der Waals surface area contributed by atoms with Gasteiger partial charge in [-0.1, -0.05) is 30.3 Å². The first-order valence-electron chi connectivity index (χ1n) is 7.21. The van der Waals surface area contributed by atoms with Crippen molar-refractivity contribution in [2.24, 2.45) is 0 Å². The van der Waals surface area contributed by atoms with Crippen molar-refractivity contribution in [2.45, 2.75) is 6.92 Å². The molecule has 3 rings (SSSR count). The summed E-state index contributed by atoms with van der Waals surface area (Å²) in [6.07, 6.45) is 1.69. The normalized spacial score (nSPS) is 10.5. The molecule has 4 nitrogen and oxygen atoms in total. The van der Waals surface area contributed by atoms with Crippen LogP contribution in [0.5, 0.6) is 5.75 Å². The van der Waals surface area contributed by atoms with Gasteiger partial charge in [0.15, 0.2) is 5.78 Å². The van der Waals surface area contributed by atoms with E-state index in [1.165, 1.54) is 0 Å². The lowest BCUT2D eigenvalue weighted by molar-refractivity contribution is 0.101. The van der Waals surface area contributed by atoms with Crippen LogP contribution in [0.15, 0.2) is 60.8 Å². The number of phenolic OH excluding ortho intramolecular Hbond substituents is 1. The molecule has 0 aliphatic carbocycles. The molecule has 114 valence electrons. The van der Waals surface area contributed by atoms with Gasteiger partial charge in [0.25, 0.3) is 0 Å². The summed E-state index contributed by atoms with van der Waals surface area (Å²) < 4.78 is 0. The second kappa shape index (κ2) is 5.93. The number of nitrogen functional groups attached to an aromatic ring is 1. The summed E-state index contributed by atoms with van der Waals surface area (Å²) in [7, 11) is 0. The first-order valence-corrected chi connectivity index (χ1v) is 7.21. The van der Waals surface area contributed by atoms with Crippen LogP contribution in [0.2, 0.25) is 0 Å². The van der Waals surface area contributed by atoms with Gasteiger partial charge in [0.1, 0.15) is 11.6 Å². The molecule has 0 aliphatic rings. The first kappa shape index (κ1) is 14.8. The lowest BCUT2D eigenvalue weighted by Gasteiger charge is -2.09. The zero-order valence-electron chi connectivity index (χ0n) is 12.7. The monoisotopic (exact) mass is 304 g/mol. The Labute approximate surface area is 134 Å². The standard InChI is InChI=1S/C19H16N2O2/c1-12(22)14-3-2-4-15(9-14)16-10-18(19(20)21-11-16)13-5-7-17(23)8-6-13/h2-11,23H,1H3,(H2,20,21). The summed E-state index contributed by atoms with van der Waals surface area (Å²) in [6, 6.07) is 16.1. The summed E-state index contributed by atoms with van der Waals surface area (Å²) in [5.41, 5.74) is 10.1. The second-order valence-corrected chi connectivity index (χ2v) is 5.34. The van der Waals surface area contributed by atoms with E-state index in [0.717, 1.165) is 22.3 Å². The third-order valence-electron chi connectivity index (χ3n) is 3.70. The van der Waals surface area contributed by atoms with E-state index in [9.17, 15) is 9.90 Å². The average molecular weight is 304 g/mol. The molecule has 0 amide bonds. The zero-order valence-corrected chi connectivity index (χ0v) is 12.7. The largest absolute Gasteiger partial charge is 0.508 e. The van der Waals surface area contributed by atoms with Gasteiger partial charge in [0.2, 0.25) is 0 Å². The molecular formula is C19H16N2O2. The van der Waals surface area contributed by atoms with Crippen LogP contribution in [-0.2, 0) is 0 Å². The van der Waals surface area contributed by atoms with E-state index >= 15 is 0 Å². The Bertz CT molecular complexity index is 871. The molecule has 0 saturated heterocycles. The van der Waals surface area contributed by atoms with Gasteiger partial charge in [-0.25, -0.2) is 4.98 Å². The molecule has 0 bridgehead atoms. The molecule has 0 fully saturated rings. The number of aromatic nitrogens is 1. The maximum Gasteiger partial charge on any atom is 0.159 e. The Hall–Kier alpha value is -3.14. The highest BCUT2D eigenvalue weighted by atomic mass is 16.3. The molecule has 0 aliphatic heterocycles. The fourth-order valence-corrected chi connectivity index (χ4v) is 2.42. The van der Waals surface area contributed by atoms with Crippen LogP contribution in [0.1, 0.15) is 17.3 Å². The van der Waals surface area contributed by atoms with Crippen LogP contribution in [0.4, 0.5) is 5.82 Å². The topological polar surface area (TPSA) is 76.2 Å². The van der Waals surface area contributed by atoms with Crippen LogP contribution >= 0.6 is 0 Å². The highest BCUT2D eigenvalue weighted by Gasteiger charge is 2.08. The minimum absolute atomic E-state index is 0.0222. The third kappa shape index (κ3) is 3.06. The number of pyridine rings is 1. The van der Waals surface area contributed by atoms with Crippen LogP contribution in [-0.4, -0.2) is 15.9 Å². The fraction of sp³-hybridized carbons (Fsp3) is 0.0526. The molecule has 0 saturated carbocycles. The number of hydrogen-bond donors (Lipinski definition) is 2. The molecule has 23 heavy (non-hydrogen) atoms. The van der Waals surface area contributed by atoms with Crippen LogP contribution in [0.3, 0.4) is 0 Å². The van der Waals surface area contributed by atoms with Gasteiger partial charge >= 0.3 is 0 Å². The van der Waals surface area contributed by atoms with Crippen molar-refractivity contribution in [2.75, 3.05) is 5.73 Å². The van der Waals surface area contributed by atoms with E-state index in [1.54, 1.807) is 43.5 Å². The van der Waals surface area contributed by atoms with E-state index in [2.05, 4.69) is 4.98 Å². The van der Waals surface area contributed by atoms with Crippen molar-refractivity contribution in [3.63, 3.8) is 0 Å². The second-order valence-electron chi connectivity index (χ2n) is 5.34. The minimum Gasteiger partial charge on any atom is -0.508 e. The van der Waals surface area contributed by atoms with Crippen LogP contribution < -0.4 is 5.73 Å². The van der Waals surface area contributed by atoms with E-state index in [-0.39, 0.29) is 11.5 Å². The van der Waals surface area contributed by atoms with Crippen molar-refractivity contribution in [1.29, 1.82) is 0 Å². The molecule has 1 aromatic heterocycles. The minimum atomic E-state index is 0.0222. The number of benzene rings is 2. The van der Waals surface area contributed by atoms with Gasteiger partial charge in [-0.2, -0.15) is 0 Å². The van der Waals surface area contributed by atoms with Crippen LogP contribution in [0, 0.1) is 0 Å². The van der Waals surface area contributed by atoms with Crippen molar-refractivity contribution in [3.8, 4) is 28.0 Å². The SMILES string of the molecule is CC(=O)c1cccc(-c2cnc(N)c(-c3ccc(O)cc3)c2)c1. The number of carbonyl (C=O) groups is 1. The number of aromatic hydroxyl groups is 1. The number of nitrogens with zero attached hydrogens (tertiary/aromatic N) is 1. The molecular weight excluding hydrogens is 288 g/mol. The number of anilines is 1. The Morgan fingerprint density at radius 3 is 2.43 bits per heavy atom. The van der Waals surface area contributed by atoms with Crippen molar-refractivity contribution in [3.05, 3.63) is 66.4 Å². The maximum atomic E-state index is 11.5. The summed E-state index contributed by atoms with van der Waals surface area (Å²) >= 11 is 0. The molecule has 0 atom stereocenters. The molecule has 1 heterocycles. The Morgan fingerprint density at radius 1 is 1.00 bits per heavy atom. The van der Waals surface area contributed by atoms with Crippen molar-refractivity contribution in [1.82, 2.24) is 4.98 Å². The van der Waals surface area contributed by atoms with E-state index in [0.29, 0.717) is 11.4 Å². The number of phenols is 1. The van der Waals surface area contributed by atoms with Gasteiger partial charge in [-0.05, 0) is 42.3 Å². The van der Waals surface area contributed by atoms with E-state index in [4.69, 9.17) is 5.73 Å². The van der Waals surface area contributed by atoms with Gasteiger partial charge in [-0.15, -0.1) is 0 Å². The Kier molecular flexibility index (Phi) is 3.81. The highest BCUT2D eigenvalue weighted by molar-refractivity contribution is 5.95. The summed E-state index contributed by atoms with van der Waals surface area (Å²) in [6.45, 7) is 1.54. The van der Waals surface area contributed by atoms with Crippen molar-refractivity contribution < 1.29 is 9.90 Å². The number of carbonyl (C=O) groups excluding carboxylic acids is 1. The molecule has 0 spiro atoms. The predicted molar refractivity (Wildman–Crippen MR) is 91.2 cm³/mol. The van der Waals surface area contributed by atoms with E-state index < -0.39 is 0 Å². The van der Waals surface area contributed by atoms with Gasteiger partial charge in [0.05, 0.1) is 0 Å². The number of nitrogens with two attached hydrogens (primary N) is 1. The summed E-state index contributed by atoms with van der Waals surface area (Å²) in [4.78, 5) is 15.8. The van der Waals surface area contributed by atoms with Gasteiger partial charge < -0.3 is 10.8 Å². The number of ketones is 1. The van der Waals surface area contributed by atoms with Gasteiger partial charge in [-0.3, -0.25) is 4.79 Å². The summed E-state index contributed by atoms with van der Waals surface area (Å²) in [5.74, 6) is 0.641. The number of Topliss-reactive ketones (excluding diaryl/α,β-unsaturated/α-hetero) is 1. The third-order valence-corrected chi connectivity index (χ3v) is 3.70. The number of rotatable bonds is 3. The quantitative estimate of drug-likeness (QED) is 0.719. The maximum absolute atomic E-state index is 11.5. The smallest absolute Gasteiger partial charge is 0.159 e. The average Bonchev–Trinajstić information content (AvgIpc) is 2.56. The first-order chi connectivity index (χ1) is 11.0. The number of hydrogen-bond acceptors (Lipinski definition) is 4.